The minimum atomic E-state index is -0.475. The van der Waals surface area contributed by atoms with Crippen molar-refractivity contribution in [3.63, 3.8) is 0 Å². The van der Waals surface area contributed by atoms with Crippen LogP contribution in [-0.2, 0) is 4.74 Å². The van der Waals surface area contributed by atoms with Crippen molar-refractivity contribution < 1.29 is 9.53 Å². The lowest BCUT2D eigenvalue weighted by Crippen LogP contribution is -2.43. The smallest absolute Gasteiger partial charge is 0.410 e. The highest BCUT2D eigenvalue weighted by molar-refractivity contribution is 7.99. The Morgan fingerprint density at radius 3 is 2.50 bits per heavy atom. The molecular formula is C15H30N4O2S. The van der Waals surface area contributed by atoms with Gasteiger partial charge in [-0.25, -0.2) is 4.79 Å². The zero-order valence-corrected chi connectivity index (χ0v) is 15.1. The lowest BCUT2D eigenvalue weighted by molar-refractivity contribution is 0.0256. The topological polar surface area (TPSA) is 71.2 Å². The molecule has 0 aromatic carbocycles. The molecule has 1 aliphatic heterocycles. The molecule has 0 saturated carbocycles. The Labute approximate surface area is 138 Å². The molecule has 0 atom stereocenters. The first-order valence-electron chi connectivity index (χ1n) is 7.94. The highest BCUT2D eigenvalue weighted by Crippen LogP contribution is 2.11. The summed E-state index contributed by atoms with van der Waals surface area (Å²) in [7, 11) is 0. The van der Waals surface area contributed by atoms with Crippen molar-refractivity contribution in [2.45, 2.75) is 39.7 Å². The number of amides is 1. The van der Waals surface area contributed by atoms with Gasteiger partial charge in [-0.2, -0.15) is 11.8 Å². The first kappa shape index (κ1) is 18.9. The second kappa shape index (κ2) is 9.12. The van der Waals surface area contributed by atoms with Gasteiger partial charge in [0.05, 0.1) is 6.54 Å². The van der Waals surface area contributed by atoms with E-state index in [-0.39, 0.29) is 6.09 Å². The number of carbonyl (C=O) groups excluding carboxylic acids is 1. The molecule has 7 heteroatoms. The van der Waals surface area contributed by atoms with Crippen LogP contribution in [0, 0.1) is 0 Å². The van der Waals surface area contributed by atoms with Gasteiger partial charge in [0.1, 0.15) is 5.60 Å². The minimum absolute atomic E-state index is 0.280. The number of ether oxygens (including phenoxy) is 1. The van der Waals surface area contributed by atoms with Gasteiger partial charge in [0.15, 0.2) is 5.96 Å². The van der Waals surface area contributed by atoms with Crippen LogP contribution in [0.2, 0.25) is 0 Å². The number of aliphatic imine (C=N–C) groups is 1. The van der Waals surface area contributed by atoms with Crippen molar-refractivity contribution in [3.05, 3.63) is 0 Å². The lowest BCUT2D eigenvalue weighted by atomic mass is 10.2. The SMILES string of the molecule is CCCN(CCN=C(N)N1CCSCC1)C(=O)OC(C)(C)C. The molecule has 2 N–H and O–H groups in total. The van der Waals surface area contributed by atoms with E-state index in [1.807, 2.05) is 39.5 Å². The Kier molecular flexibility index (Phi) is 7.85. The molecule has 0 unspecified atom stereocenters. The summed E-state index contributed by atoms with van der Waals surface area (Å²) in [4.78, 5) is 20.4. The fourth-order valence-electron chi connectivity index (χ4n) is 2.07. The van der Waals surface area contributed by atoms with Crippen LogP contribution in [0.5, 0.6) is 0 Å². The van der Waals surface area contributed by atoms with E-state index in [4.69, 9.17) is 10.5 Å². The standard InChI is InChI=1S/C15H30N4O2S/c1-5-7-19(14(20)21-15(2,3)4)8-6-17-13(16)18-9-11-22-12-10-18/h5-12H2,1-4H3,(H2,16,17). The van der Waals surface area contributed by atoms with Gasteiger partial charge in [-0.05, 0) is 27.2 Å². The van der Waals surface area contributed by atoms with E-state index in [1.54, 1.807) is 4.90 Å². The molecule has 1 aliphatic rings. The maximum atomic E-state index is 12.1. The van der Waals surface area contributed by atoms with Crippen LogP contribution in [0.15, 0.2) is 4.99 Å². The van der Waals surface area contributed by atoms with Gasteiger partial charge in [0.25, 0.3) is 0 Å². The normalized spacial score (nSPS) is 16.5. The first-order chi connectivity index (χ1) is 10.3. The molecule has 22 heavy (non-hydrogen) atoms. The molecule has 0 aromatic rings. The Morgan fingerprint density at radius 2 is 1.95 bits per heavy atom. The number of hydrogen-bond donors (Lipinski definition) is 1. The molecule has 0 radical (unpaired) electrons. The van der Waals surface area contributed by atoms with E-state index < -0.39 is 5.60 Å². The summed E-state index contributed by atoms with van der Waals surface area (Å²) in [5.41, 5.74) is 5.54. The predicted molar refractivity (Wildman–Crippen MR) is 93.5 cm³/mol. The van der Waals surface area contributed by atoms with E-state index in [0.29, 0.717) is 25.6 Å². The number of thioether (sulfide) groups is 1. The number of guanidine groups is 1. The zero-order chi connectivity index (χ0) is 16.6. The maximum Gasteiger partial charge on any atom is 0.410 e. The van der Waals surface area contributed by atoms with Crippen LogP contribution < -0.4 is 5.73 Å². The van der Waals surface area contributed by atoms with Gasteiger partial charge in [-0.15, -0.1) is 0 Å². The number of rotatable bonds is 5. The van der Waals surface area contributed by atoms with Gasteiger partial charge in [-0.1, -0.05) is 6.92 Å². The fraction of sp³-hybridized carbons (Fsp3) is 0.867. The molecule has 1 saturated heterocycles. The molecule has 1 rings (SSSR count). The van der Waals surface area contributed by atoms with Crippen LogP contribution in [0.25, 0.3) is 0 Å². The van der Waals surface area contributed by atoms with Crippen LogP contribution in [0.4, 0.5) is 4.79 Å². The third kappa shape index (κ3) is 7.24. The predicted octanol–water partition coefficient (Wildman–Crippen LogP) is 2.00. The van der Waals surface area contributed by atoms with Crippen LogP contribution in [0.3, 0.4) is 0 Å². The Hall–Kier alpha value is -1.11. The van der Waals surface area contributed by atoms with Crippen molar-refractivity contribution in [1.82, 2.24) is 9.80 Å². The molecule has 0 bridgehead atoms. The highest BCUT2D eigenvalue weighted by atomic mass is 32.2. The molecule has 1 heterocycles. The first-order valence-corrected chi connectivity index (χ1v) is 9.09. The lowest BCUT2D eigenvalue weighted by Gasteiger charge is -2.28. The fourth-order valence-corrected chi connectivity index (χ4v) is 2.97. The zero-order valence-electron chi connectivity index (χ0n) is 14.3. The summed E-state index contributed by atoms with van der Waals surface area (Å²) in [6.07, 6.45) is 0.611. The molecule has 0 aromatic heterocycles. The third-order valence-corrected chi connectivity index (χ3v) is 4.07. The maximum absolute atomic E-state index is 12.1. The van der Waals surface area contributed by atoms with Crippen LogP contribution in [-0.4, -0.2) is 71.7 Å². The number of hydrogen-bond acceptors (Lipinski definition) is 4. The average molecular weight is 330 g/mol. The quantitative estimate of drug-likeness (QED) is 0.616. The number of nitrogens with zero attached hydrogens (tertiary/aromatic N) is 3. The van der Waals surface area contributed by atoms with Gasteiger partial charge in [0.2, 0.25) is 0 Å². The third-order valence-electron chi connectivity index (χ3n) is 3.12. The molecule has 1 amide bonds. The summed E-state index contributed by atoms with van der Waals surface area (Å²) in [5, 5.41) is 0. The van der Waals surface area contributed by atoms with Crippen LogP contribution in [0.1, 0.15) is 34.1 Å². The molecular weight excluding hydrogens is 300 g/mol. The second-order valence-corrected chi connectivity index (χ2v) is 7.53. The van der Waals surface area contributed by atoms with Crippen molar-refractivity contribution in [3.8, 4) is 0 Å². The number of carbonyl (C=O) groups is 1. The van der Waals surface area contributed by atoms with E-state index in [1.165, 1.54) is 0 Å². The van der Waals surface area contributed by atoms with Gasteiger partial charge >= 0.3 is 6.09 Å². The van der Waals surface area contributed by atoms with Gasteiger partial charge < -0.3 is 20.3 Å². The Bertz CT molecular complexity index is 376. The van der Waals surface area contributed by atoms with Crippen molar-refractivity contribution in [2.24, 2.45) is 10.7 Å². The largest absolute Gasteiger partial charge is 0.444 e. The number of nitrogens with two attached hydrogens (primary N) is 1. The minimum Gasteiger partial charge on any atom is -0.444 e. The average Bonchev–Trinajstić information content (AvgIpc) is 2.45. The monoisotopic (exact) mass is 330 g/mol. The second-order valence-electron chi connectivity index (χ2n) is 6.31. The van der Waals surface area contributed by atoms with E-state index in [0.717, 1.165) is 31.0 Å². The summed E-state index contributed by atoms with van der Waals surface area (Å²) in [6, 6.07) is 0. The van der Waals surface area contributed by atoms with Crippen molar-refractivity contribution >= 4 is 23.8 Å². The molecule has 0 aliphatic carbocycles. The molecule has 0 spiro atoms. The van der Waals surface area contributed by atoms with E-state index in [2.05, 4.69) is 9.89 Å². The molecule has 1 fully saturated rings. The van der Waals surface area contributed by atoms with Crippen molar-refractivity contribution in [1.29, 1.82) is 0 Å². The summed E-state index contributed by atoms with van der Waals surface area (Å²) < 4.78 is 5.42. The molecule has 128 valence electrons. The van der Waals surface area contributed by atoms with Gasteiger partial charge in [0, 0.05) is 37.7 Å². The van der Waals surface area contributed by atoms with Gasteiger partial charge in [-0.3, -0.25) is 4.99 Å². The van der Waals surface area contributed by atoms with Crippen molar-refractivity contribution in [2.75, 3.05) is 44.2 Å². The van der Waals surface area contributed by atoms with Crippen LogP contribution >= 0.6 is 11.8 Å². The summed E-state index contributed by atoms with van der Waals surface area (Å²) in [6.45, 7) is 11.3. The molecule has 6 nitrogen and oxygen atoms in total. The summed E-state index contributed by atoms with van der Waals surface area (Å²) >= 11 is 1.94. The Balaban J connectivity index is 2.47. The highest BCUT2D eigenvalue weighted by Gasteiger charge is 2.21. The van der Waals surface area contributed by atoms with E-state index in [9.17, 15) is 4.79 Å². The van der Waals surface area contributed by atoms with E-state index >= 15 is 0 Å². The Morgan fingerprint density at radius 1 is 1.32 bits per heavy atom. The summed E-state index contributed by atoms with van der Waals surface area (Å²) in [5.74, 6) is 2.77.